The lowest BCUT2D eigenvalue weighted by atomic mass is 10.0. The van der Waals surface area contributed by atoms with E-state index in [-0.39, 0.29) is 36.7 Å². The molecule has 0 fully saturated rings. The second-order valence-corrected chi connectivity index (χ2v) is 6.71. The van der Waals surface area contributed by atoms with Crippen LogP contribution in [-0.4, -0.2) is 35.8 Å². The van der Waals surface area contributed by atoms with E-state index in [4.69, 9.17) is 4.74 Å². The first kappa shape index (κ1) is 17.3. The summed E-state index contributed by atoms with van der Waals surface area (Å²) in [7, 11) is 0. The van der Waals surface area contributed by atoms with Crippen molar-refractivity contribution in [2.75, 3.05) is 13.2 Å². The predicted molar refractivity (Wildman–Crippen MR) is 98.5 cm³/mol. The molecule has 2 aromatic carbocycles. The molecule has 0 bridgehead atoms. The lowest BCUT2D eigenvalue weighted by molar-refractivity contribution is -0.122. The molecule has 2 aromatic rings. The van der Waals surface area contributed by atoms with Gasteiger partial charge < -0.3 is 10.1 Å². The number of rotatable bonds is 5. The van der Waals surface area contributed by atoms with Gasteiger partial charge in [0.1, 0.15) is 5.75 Å². The number of nitrogens with zero attached hydrogens (tertiary/aromatic N) is 1. The third-order valence-electron chi connectivity index (χ3n) is 4.96. The van der Waals surface area contributed by atoms with Crippen LogP contribution >= 0.6 is 0 Å². The van der Waals surface area contributed by atoms with Gasteiger partial charge in [-0.2, -0.15) is 0 Å². The molecule has 27 heavy (non-hydrogen) atoms. The lowest BCUT2D eigenvalue weighted by Gasteiger charge is -2.26. The van der Waals surface area contributed by atoms with Crippen LogP contribution in [0.25, 0.3) is 0 Å². The summed E-state index contributed by atoms with van der Waals surface area (Å²) in [5.74, 6) is 0.150. The van der Waals surface area contributed by atoms with E-state index in [2.05, 4.69) is 5.32 Å². The van der Waals surface area contributed by atoms with E-state index >= 15 is 0 Å². The highest BCUT2D eigenvalue weighted by Gasteiger charge is 2.34. The van der Waals surface area contributed by atoms with Gasteiger partial charge in [-0.25, -0.2) is 0 Å². The third-order valence-corrected chi connectivity index (χ3v) is 4.96. The summed E-state index contributed by atoms with van der Waals surface area (Å²) in [6, 6.07) is 14.4. The van der Waals surface area contributed by atoms with Gasteiger partial charge in [-0.05, 0) is 24.6 Å². The van der Waals surface area contributed by atoms with Crippen molar-refractivity contribution in [3.63, 3.8) is 0 Å². The van der Waals surface area contributed by atoms with Crippen molar-refractivity contribution in [3.8, 4) is 5.75 Å². The highest BCUT2D eigenvalue weighted by atomic mass is 16.5. The molecule has 6 nitrogen and oxygen atoms in total. The number of hydrogen-bond acceptors (Lipinski definition) is 4. The van der Waals surface area contributed by atoms with E-state index in [0.717, 1.165) is 17.7 Å². The van der Waals surface area contributed by atoms with Gasteiger partial charge in [0.2, 0.25) is 5.91 Å². The van der Waals surface area contributed by atoms with Crippen LogP contribution in [0.5, 0.6) is 5.75 Å². The van der Waals surface area contributed by atoms with Crippen LogP contribution in [0.15, 0.2) is 48.5 Å². The molecule has 1 N–H and O–H groups in total. The van der Waals surface area contributed by atoms with Gasteiger partial charge in [0.25, 0.3) is 11.8 Å². The largest absolute Gasteiger partial charge is 0.493 e. The Morgan fingerprint density at radius 3 is 2.44 bits per heavy atom. The topological polar surface area (TPSA) is 75.7 Å². The van der Waals surface area contributed by atoms with E-state index in [0.29, 0.717) is 24.2 Å². The molecule has 0 saturated heterocycles. The molecule has 1 atom stereocenters. The molecule has 0 radical (unpaired) electrons. The summed E-state index contributed by atoms with van der Waals surface area (Å²) in [5.41, 5.74) is 1.86. The van der Waals surface area contributed by atoms with Crippen molar-refractivity contribution in [2.45, 2.75) is 25.3 Å². The predicted octanol–water partition coefficient (Wildman–Crippen LogP) is 2.70. The van der Waals surface area contributed by atoms with Crippen LogP contribution in [0, 0.1) is 0 Å². The summed E-state index contributed by atoms with van der Waals surface area (Å²) in [6.07, 6.45) is 1.41. The van der Waals surface area contributed by atoms with E-state index in [1.807, 2.05) is 24.3 Å². The standard InChI is InChI=1S/C21H20N2O4/c24-19(22-17-11-13-27-18-9-4-3-8-16(17)18)10-5-12-23-20(25)14-6-1-2-7-15(14)21(23)26/h1-4,6-9,17H,5,10-13H2,(H,22,24)/t17-/m0/s1. The summed E-state index contributed by atoms with van der Waals surface area (Å²) in [5, 5.41) is 3.03. The average Bonchev–Trinajstić information content (AvgIpc) is 2.93. The molecule has 138 valence electrons. The van der Waals surface area contributed by atoms with E-state index in [1.165, 1.54) is 4.90 Å². The minimum Gasteiger partial charge on any atom is -0.493 e. The Hall–Kier alpha value is -3.15. The Bertz CT molecular complexity index is 874. The number of para-hydroxylation sites is 1. The molecule has 0 aromatic heterocycles. The molecular weight excluding hydrogens is 344 g/mol. The Balaban J connectivity index is 1.31. The maximum absolute atomic E-state index is 12.3. The molecule has 2 aliphatic heterocycles. The zero-order chi connectivity index (χ0) is 18.8. The number of nitrogens with one attached hydrogen (secondary N) is 1. The Morgan fingerprint density at radius 2 is 1.70 bits per heavy atom. The van der Waals surface area contributed by atoms with Gasteiger partial charge in [0, 0.05) is 24.9 Å². The first-order chi connectivity index (χ1) is 13.1. The van der Waals surface area contributed by atoms with Crippen molar-refractivity contribution in [1.29, 1.82) is 0 Å². The minimum absolute atomic E-state index is 0.0678. The monoisotopic (exact) mass is 364 g/mol. The normalized spacial score (nSPS) is 17.9. The van der Waals surface area contributed by atoms with Crippen LogP contribution in [0.3, 0.4) is 0 Å². The first-order valence-electron chi connectivity index (χ1n) is 9.11. The van der Waals surface area contributed by atoms with Gasteiger partial charge in [-0.15, -0.1) is 0 Å². The molecule has 0 spiro atoms. The van der Waals surface area contributed by atoms with Crippen molar-refractivity contribution >= 4 is 17.7 Å². The van der Waals surface area contributed by atoms with E-state index in [9.17, 15) is 14.4 Å². The SMILES string of the molecule is O=C(CCCN1C(=O)c2ccccc2C1=O)N[C@H]1CCOc2ccccc21. The van der Waals surface area contributed by atoms with Gasteiger partial charge >= 0.3 is 0 Å². The maximum Gasteiger partial charge on any atom is 0.261 e. The Morgan fingerprint density at radius 1 is 1.04 bits per heavy atom. The Kier molecular flexibility index (Phi) is 4.62. The number of benzene rings is 2. The van der Waals surface area contributed by atoms with Gasteiger partial charge in [-0.3, -0.25) is 19.3 Å². The Labute approximate surface area is 157 Å². The van der Waals surface area contributed by atoms with Crippen LogP contribution in [0.4, 0.5) is 0 Å². The van der Waals surface area contributed by atoms with Crippen LogP contribution in [-0.2, 0) is 4.79 Å². The van der Waals surface area contributed by atoms with Crippen molar-refractivity contribution in [3.05, 3.63) is 65.2 Å². The second-order valence-electron chi connectivity index (χ2n) is 6.71. The number of ether oxygens (including phenoxy) is 1. The number of hydrogen-bond donors (Lipinski definition) is 1. The molecule has 0 aliphatic carbocycles. The quantitative estimate of drug-likeness (QED) is 0.828. The molecule has 4 rings (SSSR count). The van der Waals surface area contributed by atoms with E-state index in [1.54, 1.807) is 24.3 Å². The summed E-state index contributed by atoms with van der Waals surface area (Å²) in [6.45, 7) is 0.807. The number of imide groups is 1. The summed E-state index contributed by atoms with van der Waals surface area (Å²) >= 11 is 0. The molecule has 2 aliphatic rings. The van der Waals surface area contributed by atoms with Gasteiger partial charge in [-0.1, -0.05) is 30.3 Å². The molecule has 0 saturated carbocycles. The zero-order valence-electron chi connectivity index (χ0n) is 14.8. The van der Waals surface area contributed by atoms with Crippen molar-refractivity contribution < 1.29 is 19.1 Å². The average molecular weight is 364 g/mol. The van der Waals surface area contributed by atoms with Crippen LogP contribution in [0.2, 0.25) is 0 Å². The second kappa shape index (κ2) is 7.23. The maximum atomic E-state index is 12.3. The minimum atomic E-state index is -0.283. The number of carbonyl (C=O) groups excluding carboxylic acids is 3. The third kappa shape index (κ3) is 3.30. The van der Waals surface area contributed by atoms with E-state index < -0.39 is 0 Å². The fourth-order valence-electron chi connectivity index (χ4n) is 3.60. The zero-order valence-corrected chi connectivity index (χ0v) is 14.8. The summed E-state index contributed by atoms with van der Waals surface area (Å²) in [4.78, 5) is 38.2. The molecule has 6 heteroatoms. The molecule has 3 amide bonds. The first-order valence-corrected chi connectivity index (χ1v) is 9.11. The van der Waals surface area contributed by atoms with Gasteiger partial charge in [0.15, 0.2) is 0 Å². The van der Waals surface area contributed by atoms with Gasteiger partial charge in [0.05, 0.1) is 23.8 Å². The lowest BCUT2D eigenvalue weighted by Crippen LogP contribution is -2.34. The van der Waals surface area contributed by atoms with Crippen molar-refractivity contribution in [2.24, 2.45) is 0 Å². The fourth-order valence-corrected chi connectivity index (χ4v) is 3.60. The smallest absolute Gasteiger partial charge is 0.261 e. The van der Waals surface area contributed by atoms with Crippen molar-refractivity contribution in [1.82, 2.24) is 10.2 Å². The number of amides is 3. The molecule has 2 heterocycles. The fraction of sp³-hybridized carbons (Fsp3) is 0.286. The van der Waals surface area contributed by atoms with Crippen LogP contribution < -0.4 is 10.1 Å². The summed E-state index contributed by atoms with van der Waals surface area (Å²) < 4.78 is 5.61. The highest BCUT2D eigenvalue weighted by Crippen LogP contribution is 2.31. The highest BCUT2D eigenvalue weighted by molar-refractivity contribution is 6.21. The number of carbonyl (C=O) groups is 3. The molecular formula is C21H20N2O4. The number of fused-ring (bicyclic) bond motifs is 2. The molecule has 0 unspecified atom stereocenters. The van der Waals surface area contributed by atoms with Crippen LogP contribution in [0.1, 0.15) is 51.6 Å².